The van der Waals surface area contributed by atoms with E-state index >= 15 is 0 Å². The highest BCUT2D eigenvalue weighted by Gasteiger charge is 2.31. The molecule has 0 nitrogen and oxygen atoms in total. The minimum atomic E-state index is -0.773. The lowest BCUT2D eigenvalue weighted by atomic mass is 9.81. The zero-order chi connectivity index (χ0) is 36.0. The molecule has 0 unspecified atom stereocenters. The standard InChI is InChI=1S/C54H33P/c1-4-14-35(15-5-1)50-40-22-10-11-23-41(40)52(54-46-25-13-17-34-16-12-24-45(48(34)46)53(50)54)43-31-27-36-28-32-44-47(33-29-37-26-30-42(43)49(36)51(37)44)55(38-18-6-2-7-19-38)39-20-8-3-9-21-39/h1-33H. The highest BCUT2D eigenvalue weighted by atomic mass is 31.1. The summed E-state index contributed by atoms with van der Waals surface area (Å²) >= 11 is 0. The van der Waals surface area contributed by atoms with E-state index in [-0.39, 0.29) is 0 Å². The second-order valence-corrected chi connectivity index (χ2v) is 16.9. The van der Waals surface area contributed by atoms with Crippen LogP contribution in [0, 0.1) is 0 Å². The van der Waals surface area contributed by atoms with Gasteiger partial charge < -0.3 is 0 Å². The SMILES string of the molecule is c1ccc(-c2c3c(c(-c4ccc5ccc6c(P(c7ccccc7)c7ccccc7)ccc7ccc4c5c76)c4ccccc24)-c2cccc4cccc-3c24)cc1. The molecule has 0 atom stereocenters. The third-order valence-corrected chi connectivity index (χ3v) is 14.4. The van der Waals surface area contributed by atoms with E-state index in [1.54, 1.807) is 0 Å². The Hall–Kier alpha value is -6.59. The molecule has 0 bridgehead atoms. The van der Waals surface area contributed by atoms with Crippen LogP contribution in [0.2, 0.25) is 0 Å². The van der Waals surface area contributed by atoms with Crippen molar-refractivity contribution in [3.05, 3.63) is 200 Å². The van der Waals surface area contributed by atoms with E-state index in [0.29, 0.717) is 0 Å². The van der Waals surface area contributed by atoms with Gasteiger partial charge in [0.15, 0.2) is 0 Å². The predicted octanol–water partition coefficient (Wildman–Crippen LogP) is 13.6. The van der Waals surface area contributed by atoms with Crippen molar-refractivity contribution in [2.24, 2.45) is 0 Å². The van der Waals surface area contributed by atoms with Crippen molar-refractivity contribution in [2.45, 2.75) is 0 Å². The van der Waals surface area contributed by atoms with Crippen molar-refractivity contribution in [2.75, 3.05) is 0 Å². The molecule has 55 heavy (non-hydrogen) atoms. The van der Waals surface area contributed by atoms with Crippen LogP contribution in [-0.2, 0) is 0 Å². The topological polar surface area (TPSA) is 0 Å². The van der Waals surface area contributed by atoms with Gasteiger partial charge in [-0.1, -0.05) is 200 Å². The van der Waals surface area contributed by atoms with Crippen molar-refractivity contribution in [3.8, 4) is 44.5 Å². The third kappa shape index (κ3) is 4.44. The molecule has 1 aliphatic carbocycles. The molecule has 0 fully saturated rings. The van der Waals surface area contributed by atoms with Gasteiger partial charge in [-0.15, -0.1) is 0 Å². The van der Waals surface area contributed by atoms with Gasteiger partial charge in [0.25, 0.3) is 0 Å². The second kappa shape index (κ2) is 12.0. The Morgan fingerprint density at radius 3 is 1.40 bits per heavy atom. The summed E-state index contributed by atoms with van der Waals surface area (Å²) in [7, 11) is -0.773. The predicted molar refractivity (Wildman–Crippen MR) is 239 cm³/mol. The van der Waals surface area contributed by atoms with Crippen molar-refractivity contribution < 1.29 is 0 Å². The number of rotatable bonds is 5. The van der Waals surface area contributed by atoms with Crippen LogP contribution < -0.4 is 15.9 Å². The first-order chi connectivity index (χ1) is 27.3. The van der Waals surface area contributed by atoms with Gasteiger partial charge in [-0.3, -0.25) is 0 Å². The summed E-state index contributed by atoms with van der Waals surface area (Å²) < 4.78 is 0. The normalized spacial score (nSPS) is 12.2. The summed E-state index contributed by atoms with van der Waals surface area (Å²) in [6.45, 7) is 0. The summed E-state index contributed by atoms with van der Waals surface area (Å²) in [5.41, 5.74) is 10.5. The van der Waals surface area contributed by atoms with Gasteiger partial charge >= 0.3 is 0 Å². The van der Waals surface area contributed by atoms with E-state index in [9.17, 15) is 0 Å². The molecular weight excluding hydrogens is 680 g/mol. The number of benzene rings is 11. The summed E-state index contributed by atoms with van der Waals surface area (Å²) in [4.78, 5) is 0. The molecule has 254 valence electrons. The quantitative estimate of drug-likeness (QED) is 0.123. The summed E-state index contributed by atoms with van der Waals surface area (Å²) in [5, 5.41) is 17.3. The third-order valence-electron chi connectivity index (χ3n) is 11.9. The van der Waals surface area contributed by atoms with Crippen LogP contribution in [0.25, 0.3) is 98.4 Å². The Kier molecular flexibility index (Phi) is 6.70. The maximum atomic E-state index is 2.40. The molecule has 12 rings (SSSR count). The zero-order valence-corrected chi connectivity index (χ0v) is 30.9. The smallest absolute Gasteiger partial charge is 0.000719 e. The lowest BCUT2D eigenvalue weighted by molar-refractivity contribution is 1.64. The first-order valence-electron chi connectivity index (χ1n) is 19.1. The van der Waals surface area contributed by atoms with Crippen LogP contribution >= 0.6 is 7.92 Å². The lowest BCUT2D eigenvalue weighted by Crippen LogP contribution is -2.21. The Bertz CT molecular complexity index is 3250. The average Bonchev–Trinajstić information content (AvgIpc) is 3.58. The first-order valence-corrected chi connectivity index (χ1v) is 20.5. The van der Waals surface area contributed by atoms with Crippen molar-refractivity contribution >= 4 is 77.7 Å². The zero-order valence-electron chi connectivity index (χ0n) is 30.0. The largest absolute Gasteiger partial charge is 0.0622 e. The monoisotopic (exact) mass is 712 g/mol. The molecule has 0 saturated heterocycles. The average molecular weight is 713 g/mol. The van der Waals surface area contributed by atoms with Crippen molar-refractivity contribution in [3.63, 3.8) is 0 Å². The Morgan fingerprint density at radius 1 is 0.255 bits per heavy atom. The van der Waals surface area contributed by atoms with Gasteiger partial charge in [-0.25, -0.2) is 0 Å². The van der Waals surface area contributed by atoms with Crippen molar-refractivity contribution in [1.29, 1.82) is 0 Å². The van der Waals surface area contributed by atoms with Crippen molar-refractivity contribution in [1.82, 2.24) is 0 Å². The van der Waals surface area contributed by atoms with E-state index in [1.807, 2.05) is 0 Å². The molecule has 0 N–H and O–H groups in total. The van der Waals surface area contributed by atoms with Gasteiger partial charge in [0, 0.05) is 0 Å². The Balaban J connectivity index is 1.21. The fraction of sp³-hybridized carbons (Fsp3) is 0. The second-order valence-electron chi connectivity index (χ2n) is 14.7. The van der Waals surface area contributed by atoms with Crippen LogP contribution in [0.1, 0.15) is 0 Å². The van der Waals surface area contributed by atoms with Gasteiger partial charge in [-0.05, 0) is 122 Å². The Labute approximate surface area is 321 Å². The van der Waals surface area contributed by atoms with E-state index in [4.69, 9.17) is 0 Å². The number of hydrogen-bond donors (Lipinski definition) is 0. The van der Waals surface area contributed by atoms with E-state index in [2.05, 4.69) is 200 Å². The van der Waals surface area contributed by atoms with Gasteiger partial charge in [0.05, 0.1) is 0 Å². The van der Waals surface area contributed by atoms with Crippen LogP contribution in [0.15, 0.2) is 200 Å². The molecule has 0 aromatic heterocycles. The molecule has 11 aromatic carbocycles. The molecule has 1 aliphatic rings. The van der Waals surface area contributed by atoms with E-state index in [0.717, 1.165) is 0 Å². The first kappa shape index (κ1) is 30.8. The van der Waals surface area contributed by atoms with Crippen LogP contribution in [-0.4, -0.2) is 0 Å². The number of hydrogen-bond acceptors (Lipinski definition) is 0. The summed E-state index contributed by atoms with van der Waals surface area (Å²) in [6.07, 6.45) is 0. The Morgan fingerprint density at radius 2 is 0.745 bits per heavy atom. The molecule has 0 heterocycles. The molecule has 11 aromatic rings. The van der Waals surface area contributed by atoms with Gasteiger partial charge in [-0.2, -0.15) is 0 Å². The summed E-state index contributed by atoms with van der Waals surface area (Å²) in [6, 6.07) is 75.0. The van der Waals surface area contributed by atoms with E-state index in [1.165, 1.54) is 114 Å². The molecule has 0 saturated carbocycles. The van der Waals surface area contributed by atoms with Crippen LogP contribution in [0.3, 0.4) is 0 Å². The number of fused-ring (bicyclic) bond motifs is 4. The minimum absolute atomic E-state index is 0.773. The lowest BCUT2D eigenvalue weighted by Gasteiger charge is -2.24. The maximum absolute atomic E-state index is 2.40. The molecular formula is C54H33P. The van der Waals surface area contributed by atoms with Gasteiger partial charge in [0.2, 0.25) is 0 Å². The fourth-order valence-electron chi connectivity index (χ4n) is 9.70. The highest BCUT2D eigenvalue weighted by molar-refractivity contribution is 7.80. The molecule has 1 heteroatoms. The molecule has 0 spiro atoms. The fourth-order valence-corrected chi connectivity index (χ4v) is 12.1. The van der Waals surface area contributed by atoms with E-state index < -0.39 is 7.92 Å². The van der Waals surface area contributed by atoms with Gasteiger partial charge in [0.1, 0.15) is 0 Å². The van der Waals surface area contributed by atoms with Crippen LogP contribution in [0.4, 0.5) is 0 Å². The highest BCUT2D eigenvalue weighted by Crippen LogP contribution is 2.58. The molecule has 0 aliphatic heterocycles. The minimum Gasteiger partial charge on any atom is -0.0622 e. The maximum Gasteiger partial charge on any atom is -0.000719 e. The summed E-state index contributed by atoms with van der Waals surface area (Å²) in [5.74, 6) is 0. The molecule has 0 radical (unpaired) electrons. The molecule has 0 amide bonds. The van der Waals surface area contributed by atoms with Crippen LogP contribution in [0.5, 0.6) is 0 Å².